The van der Waals surface area contributed by atoms with E-state index in [1.54, 1.807) is 0 Å². The van der Waals surface area contributed by atoms with Gasteiger partial charge in [0.15, 0.2) is 0 Å². The summed E-state index contributed by atoms with van der Waals surface area (Å²) in [6.07, 6.45) is 10.7. The van der Waals surface area contributed by atoms with Crippen LogP contribution in [0.5, 0.6) is 0 Å². The lowest BCUT2D eigenvalue weighted by molar-refractivity contribution is 0.412. The molecule has 0 bridgehead atoms. The first-order valence-corrected chi connectivity index (χ1v) is 5.70. The second kappa shape index (κ2) is 5.15. The molecule has 0 aromatic heterocycles. The molecule has 1 aliphatic heterocycles. The third-order valence-corrected chi connectivity index (χ3v) is 2.55. The highest BCUT2D eigenvalue weighted by atomic mass is 15.1. The quantitative estimate of drug-likeness (QED) is 0.689. The summed E-state index contributed by atoms with van der Waals surface area (Å²) in [5.74, 6) is 0. The Hall–Kier alpha value is -1.05. The molecule has 1 heterocycles. The Morgan fingerprint density at radius 3 is 2.80 bits per heavy atom. The molecule has 0 saturated heterocycles. The highest BCUT2D eigenvalue weighted by Gasteiger charge is 2.15. The molecule has 0 aliphatic carbocycles. The molecule has 0 spiro atoms. The summed E-state index contributed by atoms with van der Waals surface area (Å²) in [5.41, 5.74) is 1.32. The van der Waals surface area contributed by atoms with Crippen molar-refractivity contribution in [2.75, 3.05) is 13.6 Å². The molecule has 0 aromatic carbocycles. The fraction of sp³-hybridized carbons (Fsp3) is 0.615. The Kier molecular flexibility index (Phi) is 4.13. The number of unbranched alkanes of at least 4 members (excludes halogenated alkanes) is 1. The van der Waals surface area contributed by atoms with E-state index in [0.29, 0.717) is 0 Å². The predicted molar refractivity (Wildman–Crippen MR) is 67.0 cm³/mol. The predicted octanol–water partition coefficient (Wildman–Crippen LogP) is 3.23. The minimum atomic E-state index is 0.0549. The largest absolute Gasteiger partial charge is 0.375 e. The molecule has 0 radical (unpaired) electrons. The van der Waals surface area contributed by atoms with Gasteiger partial charge in [-0.15, -0.1) is 0 Å². The monoisotopic (exact) mass is 206 g/mol. The van der Waals surface area contributed by atoms with Gasteiger partial charge in [0.1, 0.15) is 0 Å². The topological polar surface area (TPSA) is 15.6 Å². The number of likely N-dealkylation sites (N-methyl/N-ethyl adjacent to an activating group) is 1. The van der Waals surface area contributed by atoms with Crippen molar-refractivity contribution in [1.82, 2.24) is 4.90 Å². The van der Waals surface area contributed by atoms with Gasteiger partial charge in [-0.1, -0.05) is 33.3 Å². The van der Waals surface area contributed by atoms with Gasteiger partial charge in [0.05, 0.1) is 0 Å². The van der Waals surface area contributed by atoms with Crippen molar-refractivity contribution in [2.24, 2.45) is 10.4 Å². The number of nitrogens with zero attached hydrogens (tertiary/aromatic N) is 2. The van der Waals surface area contributed by atoms with Crippen LogP contribution in [-0.2, 0) is 0 Å². The molecule has 1 rings (SSSR count). The first-order chi connectivity index (χ1) is 7.05. The maximum atomic E-state index is 4.25. The number of hydrogen-bond donors (Lipinski definition) is 0. The third-order valence-electron chi connectivity index (χ3n) is 2.55. The standard InChI is InChI=1S/C13H22N2/c1-5-6-9-15(4)12-7-8-14-11-13(2,3)10-12/h7-8,10-11H,5-6,9H2,1-4H3. The molecule has 0 saturated carbocycles. The van der Waals surface area contributed by atoms with Gasteiger partial charge in [-0.2, -0.15) is 0 Å². The third kappa shape index (κ3) is 3.90. The van der Waals surface area contributed by atoms with Gasteiger partial charge in [-0.05, 0) is 12.5 Å². The van der Waals surface area contributed by atoms with Gasteiger partial charge < -0.3 is 4.90 Å². The summed E-state index contributed by atoms with van der Waals surface area (Å²) in [5, 5.41) is 0. The molecule has 2 nitrogen and oxygen atoms in total. The molecular formula is C13H22N2. The van der Waals surface area contributed by atoms with Crippen LogP contribution in [0.1, 0.15) is 33.6 Å². The normalized spacial score (nSPS) is 18.5. The Morgan fingerprint density at radius 2 is 2.13 bits per heavy atom. The van der Waals surface area contributed by atoms with Crippen LogP contribution in [0.2, 0.25) is 0 Å². The first-order valence-electron chi connectivity index (χ1n) is 5.70. The van der Waals surface area contributed by atoms with Crippen molar-refractivity contribution in [3.05, 3.63) is 24.0 Å². The highest BCUT2D eigenvalue weighted by molar-refractivity contribution is 5.69. The molecule has 0 unspecified atom stereocenters. The van der Waals surface area contributed by atoms with Crippen LogP contribution in [0.4, 0.5) is 0 Å². The molecule has 0 N–H and O–H groups in total. The number of hydrogen-bond acceptors (Lipinski definition) is 2. The zero-order chi connectivity index (χ0) is 11.3. The molecule has 84 valence electrons. The Balaban J connectivity index is 2.71. The van der Waals surface area contributed by atoms with Gasteiger partial charge in [0, 0.05) is 37.1 Å². The molecule has 0 aromatic rings. The van der Waals surface area contributed by atoms with E-state index in [2.05, 4.69) is 49.9 Å². The maximum Gasteiger partial charge on any atom is 0.0347 e. The van der Waals surface area contributed by atoms with E-state index >= 15 is 0 Å². The van der Waals surface area contributed by atoms with Gasteiger partial charge in [-0.25, -0.2) is 0 Å². The minimum Gasteiger partial charge on any atom is -0.375 e. The van der Waals surface area contributed by atoms with Crippen LogP contribution in [0, 0.1) is 5.41 Å². The van der Waals surface area contributed by atoms with Crippen molar-refractivity contribution < 1.29 is 0 Å². The van der Waals surface area contributed by atoms with Crippen molar-refractivity contribution in [2.45, 2.75) is 33.6 Å². The minimum absolute atomic E-state index is 0.0549. The Morgan fingerprint density at radius 1 is 1.40 bits per heavy atom. The number of rotatable bonds is 4. The summed E-state index contributed by atoms with van der Waals surface area (Å²) in [6, 6.07) is 0. The Labute approximate surface area is 93.4 Å². The maximum absolute atomic E-state index is 4.25. The van der Waals surface area contributed by atoms with Crippen molar-refractivity contribution in [3.8, 4) is 0 Å². The van der Waals surface area contributed by atoms with Crippen LogP contribution in [0.25, 0.3) is 0 Å². The van der Waals surface area contributed by atoms with Crippen LogP contribution in [0.3, 0.4) is 0 Å². The zero-order valence-corrected chi connectivity index (χ0v) is 10.3. The average Bonchev–Trinajstić information content (AvgIpc) is 2.35. The molecule has 0 atom stereocenters. The van der Waals surface area contributed by atoms with Crippen molar-refractivity contribution in [1.29, 1.82) is 0 Å². The highest BCUT2D eigenvalue weighted by Crippen LogP contribution is 2.21. The molecule has 0 amide bonds. The van der Waals surface area contributed by atoms with Crippen LogP contribution >= 0.6 is 0 Å². The van der Waals surface area contributed by atoms with E-state index in [0.717, 1.165) is 6.54 Å². The molecule has 2 heteroatoms. The number of aliphatic imine (C=N–C) groups is 1. The molecule has 1 aliphatic rings. The zero-order valence-electron chi connectivity index (χ0n) is 10.3. The van der Waals surface area contributed by atoms with Crippen LogP contribution in [-0.4, -0.2) is 24.7 Å². The van der Waals surface area contributed by atoms with E-state index in [9.17, 15) is 0 Å². The summed E-state index contributed by atoms with van der Waals surface area (Å²) in [4.78, 5) is 6.55. The van der Waals surface area contributed by atoms with E-state index < -0.39 is 0 Å². The lowest BCUT2D eigenvalue weighted by Crippen LogP contribution is -2.20. The van der Waals surface area contributed by atoms with Gasteiger partial charge in [0.2, 0.25) is 0 Å². The second-order valence-corrected chi connectivity index (χ2v) is 4.76. The van der Waals surface area contributed by atoms with E-state index in [-0.39, 0.29) is 5.41 Å². The van der Waals surface area contributed by atoms with Gasteiger partial charge >= 0.3 is 0 Å². The van der Waals surface area contributed by atoms with E-state index in [1.807, 2.05) is 12.4 Å². The van der Waals surface area contributed by atoms with Crippen molar-refractivity contribution >= 4 is 6.21 Å². The van der Waals surface area contributed by atoms with Gasteiger partial charge in [-0.3, -0.25) is 4.99 Å². The fourth-order valence-electron chi connectivity index (χ4n) is 1.58. The Bertz CT molecular complexity index is 285. The summed E-state index contributed by atoms with van der Waals surface area (Å²) < 4.78 is 0. The lowest BCUT2D eigenvalue weighted by Gasteiger charge is -2.23. The summed E-state index contributed by atoms with van der Waals surface area (Å²) >= 11 is 0. The van der Waals surface area contributed by atoms with Gasteiger partial charge in [0.25, 0.3) is 0 Å². The molecule has 15 heavy (non-hydrogen) atoms. The molecule has 0 fully saturated rings. The average molecular weight is 206 g/mol. The summed E-state index contributed by atoms with van der Waals surface area (Å²) in [7, 11) is 2.15. The van der Waals surface area contributed by atoms with E-state index in [4.69, 9.17) is 0 Å². The van der Waals surface area contributed by atoms with Crippen molar-refractivity contribution in [3.63, 3.8) is 0 Å². The van der Waals surface area contributed by atoms with Crippen LogP contribution in [0.15, 0.2) is 29.0 Å². The number of allylic oxidation sites excluding steroid dienone is 2. The lowest BCUT2D eigenvalue weighted by atomic mass is 9.94. The summed E-state index contributed by atoms with van der Waals surface area (Å²) in [6.45, 7) is 7.69. The second-order valence-electron chi connectivity index (χ2n) is 4.76. The fourth-order valence-corrected chi connectivity index (χ4v) is 1.58. The molecular weight excluding hydrogens is 184 g/mol. The van der Waals surface area contributed by atoms with Crippen LogP contribution < -0.4 is 0 Å². The first kappa shape index (κ1) is 12.0. The smallest absolute Gasteiger partial charge is 0.0347 e. The van der Waals surface area contributed by atoms with E-state index in [1.165, 1.54) is 18.5 Å². The SMILES string of the molecule is CCCCN(C)C1=CC(C)(C)C=NC=C1.